The van der Waals surface area contributed by atoms with Gasteiger partial charge in [-0.1, -0.05) is 0 Å². The fourth-order valence-corrected chi connectivity index (χ4v) is 3.44. The van der Waals surface area contributed by atoms with Crippen LogP contribution in [0, 0.1) is 11.3 Å². The molecule has 29 heavy (non-hydrogen) atoms. The number of carbonyl (C=O) groups excluding carboxylic acids is 1. The molecule has 1 aliphatic rings. The van der Waals surface area contributed by atoms with Crippen LogP contribution >= 0.6 is 0 Å². The lowest BCUT2D eigenvalue weighted by Crippen LogP contribution is -2.35. The lowest BCUT2D eigenvalue weighted by molar-refractivity contribution is 0.0766. The Labute approximate surface area is 171 Å². The smallest absolute Gasteiger partial charge is 0.254 e. The molecular weight excluding hydrogens is 368 g/mol. The molecule has 0 bridgehead atoms. The van der Waals surface area contributed by atoms with Crippen molar-refractivity contribution in [3.63, 3.8) is 0 Å². The number of rotatable bonds is 6. The summed E-state index contributed by atoms with van der Waals surface area (Å²) in [5.74, 6) is 1.89. The van der Waals surface area contributed by atoms with Crippen LogP contribution < -0.4 is 14.4 Å². The van der Waals surface area contributed by atoms with Crippen molar-refractivity contribution >= 4 is 11.7 Å². The van der Waals surface area contributed by atoms with Gasteiger partial charge in [0, 0.05) is 37.9 Å². The van der Waals surface area contributed by atoms with Gasteiger partial charge in [0.1, 0.15) is 11.9 Å². The van der Waals surface area contributed by atoms with Crippen LogP contribution in [0.1, 0.15) is 36.2 Å². The van der Waals surface area contributed by atoms with E-state index in [2.05, 4.69) is 16.0 Å². The van der Waals surface area contributed by atoms with Gasteiger partial charge in [-0.3, -0.25) is 4.79 Å². The first kappa shape index (κ1) is 20.5. The third-order valence-corrected chi connectivity index (χ3v) is 4.78. The second-order valence-corrected chi connectivity index (χ2v) is 6.65. The molecule has 2 heterocycles. The van der Waals surface area contributed by atoms with Crippen molar-refractivity contribution in [2.24, 2.45) is 0 Å². The van der Waals surface area contributed by atoms with Crippen molar-refractivity contribution in [2.75, 3.05) is 44.3 Å². The molecule has 1 aromatic heterocycles. The van der Waals surface area contributed by atoms with Crippen LogP contribution in [0.3, 0.4) is 0 Å². The molecule has 7 nitrogen and oxygen atoms in total. The van der Waals surface area contributed by atoms with Crippen molar-refractivity contribution in [3.8, 4) is 17.6 Å². The maximum atomic E-state index is 13.1. The van der Waals surface area contributed by atoms with Gasteiger partial charge in [0.25, 0.3) is 5.91 Å². The van der Waals surface area contributed by atoms with Gasteiger partial charge in [-0.2, -0.15) is 5.26 Å². The molecule has 0 radical (unpaired) electrons. The molecule has 1 saturated heterocycles. The molecule has 1 fully saturated rings. The Morgan fingerprint density at radius 3 is 2.66 bits per heavy atom. The van der Waals surface area contributed by atoms with Crippen LogP contribution in [0.15, 0.2) is 36.5 Å². The number of anilines is 1. The van der Waals surface area contributed by atoms with E-state index in [9.17, 15) is 10.1 Å². The maximum absolute atomic E-state index is 13.1. The Hall–Kier alpha value is -3.27. The third-order valence-electron chi connectivity index (χ3n) is 4.78. The topological polar surface area (TPSA) is 78.7 Å². The molecule has 3 rings (SSSR count). The zero-order chi connectivity index (χ0) is 20.6. The van der Waals surface area contributed by atoms with E-state index < -0.39 is 0 Å². The Bertz CT molecular complexity index is 894. The van der Waals surface area contributed by atoms with Crippen LogP contribution in [0.2, 0.25) is 0 Å². The van der Waals surface area contributed by atoms with Gasteiger partial charge in [0.15, 0.2) is 11.5 Å². The Morgan fingerprint density at radius 2 is 1.90 bits per heavy atom. The normalized spacial score (nSPS) is 14.1. The molecule has 0 N–H and O–H groups in total. The predicted molar refractivity (Wildman–Crippen MR) is 110 cm³/mol. The maximum Gasteiger partial charge on any atom is 0.254 e. The van der Waals surface area contributed by atoms with E-state index in [-0.39, 0.29) is 5.91 Å². The molecular formula is C22H26N4O3. The summed E-state index contributed by atoms with van der Waals surface area (Å²) in [6, 6.07) is 11.1. The molecule has 152 valence electrons. The first-order valence-corrected chi connectivity index (χ1v) is 9.96. The highest BCUT2D eigenvalue weighted by Crippen LogP contribution is 2.29. The van der Waals surface area contributed by atoms with Crippen molar-refractivity contribution in [1.82, 2.24) is 9.88 Å². The summed E-state index contributed by atoms with van der Waals surface area (Å²) in [6.07, 6.45) is 2.50. The number of hydrogen-bond donors (Lipinski definition) is 0. The average Bonchev–Trinajstić information content (AvgIpc) is 3.01. The summed E-state index contributed by atoms with van der Waals surface area (Å²) in [5.41, 5.74) is 1.14. The summed E-state index contributed by atoms with van der Waals surface area (Å²) in [6.45, 7) is 7.46. The number of aromatic nitrogens is 1. The molecule has 0 spiro atoms. The molecule has 1 amide bonds. The van der Waals surface area contributed by atoms with Gasteiger partial charge in [0.2, 0.25) is 0 Å². The second-order valence-electron chi connectivity index (χ2n) is 6.65. The predicted octanol–water partition coefficient (Wildman–Crippen LogP) is 3.10. The van der Waals surface area contributed by atoms with Gasteiger partial charge in [-0.25, -0.2) is 4.98 Å². The van der Waals surface area contributed by atoms with E-state index >= 15 is 0 Å². The molecule has 0 unspecified atom stereocenters. The van der Waals surface area contributed by atoms with E-state index in [0.717, 1.165) is 13.0 Å². The molecule has 2 aromatic rings. The molecule has 0 atom stereocenters. The number of hydrogen-bond acceptors (Lipinski definition) is 6. The van der Waals surface area contributed by atoms with Gasteiger partial charge < -0.3 is 19.3 Å². The number of benzene rings is 1. The zero-order valence-corrected chi connectivity index (χ0v) is 16.9. The highest BCUT2D eigenvalue weighted by atomic mass is 16.5. The first-order chi connectivity index (χ1) is 14.2. The number of nitrogens with zero attached hydrogens (tertiary/aromatic N) is 4. The molecule has 0 aliphatic carbocycles. The quantitative estimate of drug-likeness (QED) is 0.749. The SMILES string of the molecule is CCOc1ccc(C(=O)N2CCCN(c3ncccc3C#N)CC2)cc1OCC. The minimum atomic E-state index is -0.0302. The van der Waals surface area contributed by atoms with E-state index in [0.29, 0.717) is 61.3 Å². The second kappa shape index (κ2) is 9.78. The Morgan fingerprint density at radius 1 is 1.10 bits per heavy atom. The van der Waals surface area contributed by atoms with Crippen molar-refractivity contribution < 1.29 is 14.3 Å². The van der Waals surface area contributed by atoms with Gasteiger partial charge >= 0.3 is 0 Å². The number of amides is 1. The first-order valence-electron chi connectivity index (χ1n) is 9.96. The number of pyridine rings is 1. The largest absolute Gasteiger partial charge is 0.490 e. The standard InChI is InChI=1S/C22H26N4O3/c1-3-28-19-9-8-17(15-20(19)29-4-2)22(27)26-12-6-11-25(13-14-26)21-18(16-23)7-5-10-24-21/h5,7-10,15H,3-4,6,11-14H2,1-2H3. The average molecular weight is 394 g/mol. The van der Waals surface area contributed by atoms with Gasteiger partial charge in [0.05, 0.1) is 18.8 Å². The molecule has 7 heteroatoms. The van der Waals surface area contributed by atoms with Crippen molar-refractivity contribution in [2.45, 2.75) is 20.3 Å². The van der Waals surface area contributed by atoms with Crippen LogP contribution in [0.4, 0.5) is 5.82 Å². The lowest BCUT2D eigenvalue weighted by atomic mass is 10.1. The lowest BCUT2D eigenvalue weighted by Gasteiger charge is -2.23. The molecule has 1 aromatic carbocycles. The fourth-order valence-electron chi connectivity index (χ4n) is 3.44. The van der Waals surface area contributed by atoms with Crippen molar-refractivity contribution in [3.05, 3.63) is 47.7 Å². The molecule has 0 saturated carbocycles. The van der Waals surface area contributed by atoms with E-state index in [1.807, 2.05) is 18.7 Å². The summed E-state index contributed by atoms with van der Waals surface area (Å²) < 4.78 is 11.2. The number of carbonyl (C=O) groups is 1. The van der Waals surface area contributed by atoms with Crippen LogP contribution in [-0.2, 0) is 0 Å². The minimum absolute atomic E-state index is 0.0302. The summed E-state index contributed by atoms with van der Waals surface area (Å²) in [5, 5.41) is 9.34. The van der Waals surface area contributed by atoms with Crippen LogP contribution in [0.25, 0.3) is 0 Å². The molecule has 1 aliphatic heterocycles. The third kappa shape index (κ3) is 4.77. The summed E-state index contributed by atoms with van der Waals surface area (Å²) in [4.78, 5) is 21.4. The summed E-state index contributed by atoms with van der Waals surface area (Å²) >= 11 is 0. The van der Waals surface area contributed by atoms with Gasteiger partial charge in [-0.05, 0) is 50.6 Å². The van der Waals surface area contributed by atoms with E-state index in [4.69, 9.17) is 9.47 Å². The monoisotopic (exact) mass is 394 g/mol. The van der Waals surface area contributed by atoms with Crippen LogP contribution in [0.5, 0.6) is 11.5 Å². The highest BCUT2D eigenvalue weighted by molar-refractivity contribution is 5.95. The van der Waals surface area contributed by atoms with E-state index in [1.165, 1.54) is 0 Å². The van der Waals surface area contributed by atoms with Crippen LogP contribution in [-0.4, -0.2) is 55.2 Å². The summed E-state index contributed by atoms with van der Waals surface area (Å²) in [7, 11) is 0. The number of nitriles is 1. The van der Waals surface area contributed by atoms with Gasteiger partial charge in [-0.15, -0.1) is 0 Å². The minimum Gasteiger partial charge on any atom is -0.490 e. The van der Waals surface area contributed by atoms with Crippen molar-refractivity contribution in [1.29, 1.82) is 5.26 Å². The Balaban J connectivity index is 1.74. The fraction of sp³-hybridized carbons (Fsp3) is 0.409. The van der Waals surface area contributed by atoms with E-state index in [1.54, 1.807) is 36.5 Å². The zero-order valence-electron chi connectivity index (χ0n) is 16.9. The Kier molecular flexibility index (Phi) is 6.90. The number of ether oxygens (including phenoxy) is 2. The highest BCUT2D eigenvalue weighted by Gasteiger charge is 2.23.